The van der Waals surface area contributed by atoms with Gasteiger partial charge >= 0.3 is 5.97 Å². The highest BCUT2D eigenvalue weighted by Crippen LogP contribution is 2.24. The number of aromatic nitrogens is 3. The Kier molecular flexibility index (Phi) is 4.83. The van der Waals surface area contributed by atoms with Crippen molar-refractivity contribution in [2.75, 3.05) is 0 Å². The topological polar surface area (TPSA) is 97.1 Å². The second kappa shape index (κ2) is 7.04. The van der Waals surface area contributed by atoms with Crippen molar-refractivity contribution in [1.29, 1.82) is 0 Å². The first kappa shape index (κ1) is 17.1. The molecule has 0 unspecified atom stereocenters. The van der Waals surface area contributed by atoms with Gasteiger partial charge < -0.3 is 10.4 Å². The molecule has 1 aliphatic carbocycles. The normalized spacial score (nSPS) is 20.2. The van der Waals surface area contributed by atoms with Crippen molar-refractivity contribution < 1.29 is 14.7 Å². The molecule has 0 saturated heterocycles. The number of amides is 1. The lowest BCUT2D eigenvalue weighted by atomic mass is 9.86. The molecule has 0 aliphatic heterocycles. The molecule has 0 atom stereocenters. The number of carbonyl (C=O) groups is 2. The maximum absolute atomic E-state index is 12.4. The molecule has 2 aromatic rings. The van der Waals surface area contributed by atoms with Gasteiger partial charge in [0.15, 0.2) is 5.82 Å². The van der Waals surface area contributed by atoms with Crippen LogP contribution >= 0.6 is 0 Å². The summed E-state index contributed by atoms with van der Waals surface area (Å²) in [5, 5.41) is 16.4. The van der Waals surface area contributed by atoms with Crippen LogP contribution in [-0.2, 0) is 4.79 Å². The van der Waals surface area contributed by atoms with Crippen molar-refractivity contribution in [3.8, 4) is 5.82 Å². The molecule has 132 valence electrons. The van der Waals surface area contributed by atoms with Gasteiger partial charge in [-0.2, -0.15) is 5.10 Å². The zero-order chi connectivity index (χ0) is 18.0. The van der Waals surface area contributed by atoms with Gasteiger partial charge in [0.2, 0.25) is 0 Å². The molecule has 2 heterocycles. The third-order valence-corrected chi connectivity index (χ3v) is 4.65. The maximum Gasteiger partial charge on any atom is 0.306 e. The van der Waals surface area contributed by atoms with Gasteiger partial charge in [0.05, 0.1) is 17.2 Å². The van der Waals surface area contributed by atoms with E-state index in [9.17, 15) is 9.59 Å². The van der Waals surface area contributed by atoms with Crippen LogP contribution < -0.4 is 5.32 Å². The van der Waals surface area contributed by atoms with E-state index in [-0.39, 0.29) is 17.9 Å². The number of carbonyl (C=O) groups excluding carboxylic acids is 1. The monoisotopic (exact) mass is 342 g/mol. The van der Waals surface area contributed by atoms with Crippen LogP contribution in [0.2, 0.25) is 0 Å². The fourth-order valence-corrected chi connectivity index (χ4v) is 3.26. The molecule has 1 amide bonds. The van der Waals surface area contributed by atoms with E-state index in [1.807, 2.05) is 19.9 Å². The van der Waals surface area contributed by atoms with Gasteiger partial charge in [-0.15, -0.1) is 0 Å². The summed E-state index contributed by atoms with van der Waals surface area (Å²) in [6.45, 7) is 3.88. The Balaban J connectivity index is 1.62. The highest BCUT2D eigenvalue weighted by molar-refractivity contribution is 5.94. The number of hydrogen-bond acceptors (Lipinski definition) is 4. The third-order valence-electron chi connectivity index (χ3n) is 4.65. The minimum absolute atomic E-state index is 0.0267. The maximum atomic E-state index is 12.4. The van der Waals surface area contributed by atoms with E-state index < -0.39 is 5.97 Å². The molecular weight excluding hydrogens is 320 g/mol. The summed E-state index contributed by atoms with van der Waals surface area (Å²) in [4.78, 5) is 27.7. The number of aryl methyl sites for hydroxylation is 2. The lowest BCUT2D eigenvalue weighted by molar-refractivity contribution is -0.142. The van der Waals surface area contributed by atoms with Gasteiger partial charge in [-0.1, -0.05) is 0 Å². The van der Waals surface area contributed by atoms with Crippen molar-refractivity contribution in [2.45, 2.75) is 45.6 Å². The number of nitrogens with one attached hydrogen (secondary N) is 1. The Morgan fingerprint density at radius 3 is 2.44 bits per heavy atom. The lowest BCUT2D eigenvalue weighted by Crippen LogP contribution is -2.38. The van der Waals surface area contributed by atoms with Crippen molar-refractivity contribution in [3.63, 3.8) is 0 Å². The van der Waals surface area contributed by atoms with Crippen molar-refractivity contribution in [1.82, 2.24) is 20.1 Å². The van der Waals surface area contributed by atoms with Crippen LogP contribution in [0.25, 0.3) is 5.82 Å². The molecule has 7 nitrogen and oxygen atoms in total. The average molecular weight is 342 g/mol. The summed E-state index contributed by atoms with van der Waals surface area (Å²) < 4.78 is 1.74. The quantitative estimate of drug-likeness (QED) is 0.888. The zero-order valence-corrected chi connectivity index (χ0v) is 14.4. The van der Waals surface area contributed by atoms with Gasteiger partial charge in [-0.3, -0.25) is 9.59 Å². The van der Waals surface area contributed by atoms with Crippen LogP contribution in [0.5, 0.6) is 0 Å². The number of nitrogens with zero attached hydrogens (tertiary/aromatic N) is 3. The molecule has 1 aliphatic rings. The smallest absolute Gasteiger partial charge is 0.306 e. The van der Waals surface area contributed by atoms with E-state index in [0.717, 1.165) is 11.4 Å². The summed E-state index contributed by atoms with van der Waals surface area (Å²) in [6, 6.07) is 5.50. The van der Waals surface area contributed by atoms with Gasteiger partial charge in [0.1, 0.15) is 0 Å². The summed E-state index contributed by atoms with van der Waals surface area (Å²) in [6.07, 6.45) is 4.15. The van der Waals surface area contributed by atoms with Gasteiger partial charge in [0, 0.05) is 17.9 Å². The Hall–Kier alpha value is -2.70. The molecule has 7 heteroatoms. The second-order valence-corrected chi connectivity index (χ2v) is 6.60. The zero-order valence-electron chi connectivity index (χ0n) is 14.4. The molecule has 3 rings (SSSR count). The molecule has 0 radical (unpaired) electrons. The molecule has 2 aromatic heterocycles. The molecule has 1 saturated carbocycles. The van der Waals surface area contributed by atoms with E-state index in [1.54, 1.807) is 23.0 Å². The van der Waals surface area contributed by atoms with Crippen LogP contribution in [0.4, 0.5) is 0 Å². The molecule has 0 aromatic carbocycles. The fraction of sp³-hybridized carbons (Fsp3) is 0.444. The van der Waals surface area contributed by atoms with Gasteiger partial charge in [-0.05, 0) is 57.7 Å². The molecular formula is C18H22N4O3. The lowest BCUT2D eigenvalue weighted by Gasteiger charge is -2.26. The molecule has 2 N–H and O–H groups in total. The third kappa shape index (κ3) is 3.87. The van der Waals surface area contributed by atoms with E-state index in [0.29, 0.717) is 37.1 Å². The fourth-order valence-electron chi connectivity index (χ4n) is 3.26. The number of aliphatic carboxylic acids is 1. The van der Waals surface area contributed by atoms with E-state index in [2.05, 4.69) is 15.4 Å². The second-order valence-electron chi connectivity index (χ2n) is 6.60. The van der Waals surface area contributed by atoms with E-state index in [4.69, 9.17) is 5.11 Å². The van der Waals surface area contributed by atoms with E-state index >= 15 is 0 Å². The van der Waals surface area contributed by atoms with Crippen molar-refractivity contribution in [2.24, 2.45) is 5.92 Å². The largest absolute Gasteiger partial charge is 0.481 e. The Bertz CT molecular complexity index is 774. The van der Waals surface area contributed by atoms with Crippen LogP contribution in [0.3, 0.4) is 0 Å². The highest BCUT2D eigenvalue weighted by atomic mass is 16.4. The van der Waals surface area contributed by atoms with Crippen molar-refractivity contribution in [3.05, 3.63) is 41.3 Å². The first-order valence-corrected chi connectivity index (χ1v) is 8.47. The standard InChI is InChI=1S/C18H22N4O3/c1-11-9-12(2)22(21-11)16-8-5-14(10-19-16)17(23)20-15-6-3-13(4-7-15)18(24)25/h5,8-10,13,15H,3-4,6-7H2,1-2H3,(H,20,23)(H,24,25). The predicted octanol–water partition coefficient (Wildman–Crippen LogP) is 2.26. The number of carboxylic acid groups (broad SMARTS) is 1. The summed E-state index contributed by atoms with van der Waals surface area (Å²) in [5.74, 6) is -0.529. The van der Waals surface area contributed by atoms with Gasteiger partial charge in [-0.25, -0.2) is 9.67 Å². The first-order chi connectivity index (χ1) is 11.9. The number of carboxylic acids is 1. The summed E-state index contributed by atoms with van der Waals surface area (Å²) in [5.41, 5.74) is 2.39. The summed E-state index contributed by atoms with van der Waals surface area (Å²) in [7, 11) is 0. The van der Waals surface area contributed by atoms with Crippen LogP contribution in [0, 0.1) is 19.8 Å². The predicted molar refractivity (Wildman–Crippen MR) is 91.7 cm³/mol. The Labute approximate surface area is 146 Å². The minimum Gasteiger partial charge on any atom is -0.481 e. The number of hydrogen-bond donors (Lipinski definition) is 2. The number of pyridine rings is 1. The highest BCUT2D eigenvalue weighted by Gasteiger charge is 2.26. The molecule has 0 spiro atoms. The Morgan fingerprint density at radius 2 is 1.92 bits per heavy atom. The van der Waals surface area contributed by atoms with Crippen LogP contribution in [0.15, 0.2) is 24.4 Å². The van der Waals surface area contributed by atoms with Crippen LogP contribution in [0.1, 0.15) is 47.4 Å². The first-order valence-electron chi connectivity index (χ1n) is 8.47. The summed E-state index contributed by atoms with van der Waals surface area (Å²) >= 11 is 0. The Morgan fingerprint density at radius 1 is 1.20 bits per heavy atom. The molecule has 0 bridgehead atoms. The van der Waals surface area contributed by atoms with Gasteiger partial charge in [0.25, 0.3) is 5.91 Å². The van der Waals surface area contributed by atoms with Crippen LogP contribution in [-0.4, -0.2) is 37.8 Å². The molecule has 25 heavy (non-hydrogen) atoms. The number of rotatable bonds is 4. The SMILES string of the molecule is Cc1cc(C)n(-c2ccc(C(=O)NC3CCC(C(=O)O)CC3)cn2)n1. The van der Waals surface area contributed by atoms with Crippen molar-refractivity contribution >= 4 is 11.9 Å². The molecule has 1 fully saturated rings. The minimum atomic E-state index is -0.742. The van der Waals surface area contributed by atoms with E-state index in [1.165, 1.54) is 0 Å². The average Bonchev–Trinajstić information content (AvgIpc) is 2.94.